The Morgan fingerprint density at radius 1 is 0.727 bits per heavy atom. The molecule has 6 heteroatoms. The van der Waals surface area contributed by atoms with Crippen molar-refractivity contribution in [3.05, 3.63) is 178 Å². The van der Waals surface area contributed by atoms with Crippen LogP contribution in [-0.2, 0) is 22.0 Å². The van der Waals surface area contributed by atoms with E-state index in [0.717, 1.165) is 54.5 Å². The second-order valence-electron chi connectivity index (χ2n) is 11.2. The minimum absolute atomic E-state index is 0.274. The summed E-state index contributed by atoms with van der Waals surface area (Å²) in [6.07, 6.45) is 2.92. The molecule has 1 unspecified atom stereocenters. The van der Waals surface area contributed by atoms with E-state index in [1.807, 2.05) is 25.1 Å². The monoisotopic (exact) mass is 658 g/mol. The molecule has 1 aliphatic heterocycles. The van der Waals surface area contributed by atoms with E-state index in [2.05, 4.69) is 134 Å². The molecular weight excluding hydrogens is 628 g/mol. The highest BCUT2D eigenvalue weighted by Crippen LogP contribution is 2.51. The third kappa shape index (κ3) is 4.84. The first-order chi connectivity index (χ1) is 21.4. The molecule has 0 amide bonds. The largest absolute Gasteiger partial charge is 0.322 e. The van der Waals surface area contributed by atoms with Gasteiger partial charge in [0.2, 0.25) is 10.0 Å². The molecular formula is C38H31BrN2O2S. The molecule has 6 aromatic rings. The predicted molar refractivity (Wildman–Crippen MR) is 182 cm³/mol. The number of nitrogens with zero attached hydrogens (tertiary/aromatic N) is 1. The van der Waals surface area contributed by atoms with Crippen LogP contribution in [0.2, 0.25) is 0 Å². The number of benzene rings is 5. The van der Waals surface area contributed by atoms with Gasteiger partial charge >= 0.3 is 0 Å². The Balaban J connectivity index is 1.44. The average Bonchev–Trinajstić information content (AvgIpc) is 3.57. The Labute approximate surface area is 266 Å². The standard InChI is InChI=1S/C38H31BrN2O2S/c1-27-16-22-32(23-17-27)44(42,43)40-25-24-34-33-14-8-9-15-36(33)41-37(34)35(28-10-4-2-5-11-28)26-38(41,29-12-6-3-7-13-29)30-18-20-31(39)21-19-30/h2-23,26,40H,24-25H2,1H3. The summed E-state index contributed by atoms with van der Waals surface area (Å²) in [5.74, 6) is 0. The van der Waals surface area contributed by atoms with Gasteiger partial charge in [0.25, 0.3) is 0 Å². The number of hydrogen-bond acceptors (Lipinski definition) is 2. The van der Waals surface area contributed by atoms with Crippen LogP contribution in [0, 0.1) is 6.92 Å². The number of halogens is 1. The summed E-state index contributed by atoms with van der Waals surface area (Å²) in [4.78, 5) is 0.276. The highest BCUT2D eigenvalue weighted by molar-refractivity contribution is 9.10. The highest BCUT2D eigenvalue weighted by Gasteiger charge is 2.44. The van der Waals surface area contributed by atoms with Crippen molar-refractivity contribution >= 4 is 42.4 Å². The number of hydrogen-bond donors (Lipinski definition) is 1. The summed E-state index contributed by atoms with van der Waals surface area (Å²) in [6, 6.07) is 45.1. The number of para-hydroxylation sites is 1. The average molecular weight is 660 g/mol. The van der Waals surface area contributed by atoms with Gasteiger partial charge in [0.15, 0.2) is 0 Å². The van der Waals surface area contributed by atoms with E-state index in [-0.39, 0.29) is 11.4 Å². The van der Waals surface area contributed by atoms with Crippen molar-refractivity contribution < 1.29 is 8.42 Å². The lowest BCUT2D eigenvalue weighted by molar-refractivity contribution is 0.566. The molecule has 0 bridgehead atoms. The van der Waals surface area contributed by atoms with Crippen LogP contribution < -0.4 is 4.72 Å². The molecule has 4 nitrogen and oxygen atoms in total. The van der Waals surface area contributed by atoms with Gasteiger partial charge in [-0.15, -0.1) is 0 Å². The Kier molecular flexibility index (Phi) is 7.37. The van der Waals surface area contributed by atoms with Crippen molar-refractivity contribution in [2.75, 3.05) is 6.54 Å². The van der Waals surface area contributed by atoms with Crippen LogP contribution in [0.1, 0.15) is 33.5 Å². The zero-order chi connectivity index (χ0) is 30.3. The van der Waals surface area contributed by atoms with E-state index in [4.69, 9.17) is 0 Å². The SMILES string of the molecule is Cc1ccc(S(=O)(=O)NCCc2c3n(c4ccccc24)C(c2ccccc2)(c2ccc(Br)cc2)C=C3c2ccccc2)cc1. The minimum Gasteiger partial charge on any atom is -0.322 e. The summed E-state index contributed by atoms with van der Waals surface area (Å²) < 4.78 is 32.8. The van der Waals surface area contributed by atoms with Crippen LogP contribution >= 0.6 is 15.9 Å². The van der Waals surface area contributed by atoms with Crippen molar-refractivity contribution in [3.8, 4) is 0 Å². The van der Waals surface area contributed by atoms with E-state index in [1.54, 1.807) is 12.1 Å². The van der Waals surface area contributed by atoms with Crippen LogP contribution in [-0.4, -0.2) is 19.5 Å². The van der Waals surface area contributed by atoms with Gasteiger partial charge in [0, 0.05) is 22.0 Å². The highest BCUT2D eigenvalue weighted by atomic mass is 79.9. The fraction of sp³-hybridized carbons (Fsp3) is 0.105. The minimum atomic E-state index is -3.65. The van der Waals surface area contributed by atoms with Gasteiger partial charge in [-0.1, -0.05) is 125 Å². The first kappa shape index (κ1) is 28.5. The molecule has 0 aliphatic carbocycles. The van der Waals surface area contributed by atoms with E-state index in [1.165, 1.54) is 0 Å². The van der Waals surface area contributed by atoms with Gasteiger partial charge in [-0.05, 0) is 72.0 Å². The molecule has 218 valence electrons. The van der Waals surface area contributed by atoms with Crippen molar-refractivity contribution in [1.82, 2.24) is 9.29 Å². The lowest BCUT2D eigenvalue weighted by Crippen LogP contribution is -2.32. The molecule has 1 aromatic heterocycles. The van der Waals surface area contributed by atoms with Crippen LogP contribution in [0.25, 0.3) is 16.5 Å². The number of aryl methyl sites for hydroxylation is 1. The van der Waals surface area contributed by atoms with E-state index < -0.39 is 15.6 Å². The first-order valence-corrected chi connectivity index (χ1v) is 17.0. The maximum Gasteiger partial charge on any atom is 0.240 e. The maximum absolute atomic E-state index is 13.2. The molecule has 1 N–H and O–H groups in total. The van der Waals surface area contributed by atoms with Crippen molar-refractivity contribution in [2.24, 2.45) is 0 Å². The maximum atomic E-state index is 13.2. The van der Waals surface area contributed by atoms with Gasteiger partial charge in [-0.2, -0.15) is 0 Å². The summed E-state index contributed by atoms with van der Waals surface area (Å²) in [6.45, 7) is 2.22. The number of allylic oxidation sites excluding steroid dienone is 1. The molecule has 0 radical (unpaired) electrons. The summed E-state index contributed by atoms with van der Waals surface area (Å²) >= 11 is 3.64. The Morgan fingerprint density at radius 2 is 1.34 bits per heavy atom. The van der Waals surface area contributed by atoms with Crippen LogP contribution in [0.3, 0.4) is 0 Å². The predicted octanol–water partition coefficient (Wildman–Crippen LogP) is 8.47. The number of nitrogens with one attached hydrogen (secondary N) is 1. The van der Waals surface area contributed by atoms with Gasteiger partial charge in [-0.25, -0.2) is 13.1 Å². The topological polar surface area (TPSA) is 51.1 Å². The molecule has 0 saturated heterocycles. The molecule has 5 aromatic carbocycles. The lowest BCUT2D eigenvalue weighted by atomic mass is 9.82. The third-order valence-electron chi connectivity index (χ3n) is 8.52. The molecule has 0 saturated carbocycles. The van der Waals surface area contributed by atoms with Crippen molar-refractivity contribution in [1.29, 1.82) is 0 Å². The second kappa shape index (κ2) is 11.4. The van der Waals surface area contributed by atoms with Gasteiger partial charge in [0.05, 0.1) is 16.1 Å². The molecule has 44 heavy (non-hydrogen) atoms. The zero-order valence-electron chi connectivity index (χ0n) is 24.2. The fourth-order valence-electron chi connectivity index (χ4n) is 6.49. The molecule has 1 atom stereocenters. The van der Waals surface area contributed by atoms with Crippen LogP contribution in [0.5, 0.6) is 0 Å². The fourth-order valence-corrected chi connectivity index (χ4v) is 7.78. The number of fused-ring (bicyclic) bond motifs is 3. The smallest absolute Gasteiger partial charge is 0.240 e. The summed E-state index contributed by atoms with van der Waals surface area (Å²) in [7, 11) is -3.65. The van der Waals surface area contributed by atoms with Crippen LogP contribution in [0.15, 0.2) is 149 Å². The van der Waals surface area contributed by atoms with Crippen molar-refractivity contribution in [3.63, 3.8) is 0 Å². The van der Waals surface area contributed by atoms with Crippen molar-refractivity contribution in [2.45, 2.75) is 23.8 Å². The molecule has 1 aliphatic rings. The van der Waals surface area contributed by atoms with E-state index in [0.29, 0.717) is 6.42 Å². The van der Waals surface area contributed by atoms with Gasteiger partial charge < -0.3 is 4.57 Å². The molecule has 0 fully saturated rings. The molecule has 0 spiro atoms. The van der Waals surface area contributed by atoms with Gasteiger partial charge in [0.1, 0.15) is 5.54 Å². The Bertz CT molecular complexity index is 2100. The summed E-state index contributed by atoms with van der Waals surface area (Å²) in [5.41, 5.74) is 8.28. The molecule has 7 rings (SSSR count). The molecule has 2 heterocycles. The Morgan fingerprint density at radius 3 is 2.05 bits per heavy atom. The summed E-state index contributed by atoms with van der Waals surface area (Å²) in [5, 5.41) is 1.12. The van der Waals surface area contributed by atoms with E-state index >= 15 is 0 Å². The first-order valence-electron chi connectivity index (χ1n) is 14.7. The van der Waals surface area contributed by atoms with E-state index in [9.17, 15) is 8.42 Å². The normalized spacial score (nSPS) is 16.2. The van der Waals surface area contributed by atoms with Crippen LogP contribution in [0.4, 0.5) is 0 Å². The zero-order valence-corrected chi connectivity index (χ0v) is 26.6. The number of aromatic nitrogens is 1. The number of rotatable bonds is 8. The lowest BCUT2D eigenvalue weighted by Gasteiger charge is -2.33. The van der Waals surface area contributed by atoms with Gasteiger partial charge in [-0.3, -0.25) is 0 Å². The second-order valence-corrected chi connectivity index (χ2v) is 13.9. The third-order valence-corrected chi connectivity index (χ3v) is 10.5. The number of sulfonamides is 1. The quantitative estimate of drug-likeness (QED) is 0.178. The Hall–Kier alpha value is -4.23.